The molecule has 1 unspecified atom stereocenters. The van der Waals surface area contributed by atoms with Crippen LogP contribution in [0.3, 0.4) is 0 Å². The summed E-state index contributed by atoms with van der Waals surface area (Å²) in [5.41, 5.74) is 3.83. The zero-order valence-corrected chi connectivity index (χ0v) is 18.8. The largest absolute Gasteiger partial charge is 0.497 e. The number of carbonyl (C=O) groups is 2. The second kappa shape index (κ2) is 10.5. The quantitative estimate of drug-likeness (QED) is 0.494. The van der Waals surface area contributed by atoms with Crippen molar-refractivity contribution in [2.75, 3.05) is 7.11 Å². The summed E-state index contributed by atoms with van der Waals surface area (Å²) in [5, 5.41) is 5.77. The first-order valence-electron chi connectivity index (χ1n) is 10.5. The molecule has 32 heavy (non-hydrogen) atoms. The number of benzene rings is 2. The van der Waals surface area contributed by atoms with Gasteiger partial charge in [-0.15, -0.1) is 0 Å². The summed E-state index contributed by atoms with van der Waals surface area (Å²) in [7, 11) is 1.56. The van der Waals surface area contributed by atoms with E-state index in [1.165, 1.54) is 12.3 Å². The van der Waals surface area contributed by atoms with Crippen LogP contribution in [0.2, 0.25) is 0 Å². The molecular weight excluding hydrogens is 404 g/mol. The van der Waals surface area contributed by atoms with Gasteiger partial charge < -0.3 is 19.8 Å². The van der Waals surface area contributed by atoms with Crippen LogP contribution in [0.4, 0.5) is 0 Å². The molecule has 1 heterocycles. The van der Waals surface area contributed by atoms with E-state index in [0.29, 0.717) is 23.5 Å². The predicted octanol–water partition coefficient (Wildman–Crippen LogP) is 4.94. The zero-order chi connectivity index (χ0) is 23.1. The lowest BCUT2D eigenvalue weighted by molar-refractivity contribution is -0.118. The van der Waals surface area contributed by atoms with Crippen LogP contribution in [0, 0.1) is 13.8 Å². The van der Waals surface area contributed by atoms with Crippen molar-refractivity contribution in [1.29, 1.82) is 0 Å². The van der Waals surface area contributed by atoms with Crippen LogP contribution in [0.5, 0.6) is 5.75 Å². The van der Waals surface area contributed by atoms with Crippen molar-refractivity contribution in [3.8, 4) is 5.75 Å². The van der Waals surface area contributed by atoms with Crippen molar-refractivity contribution in [1.82, 2.24) is 10.6 Å². The van der Waals surface area contributed by atoms with Crippen LogP contribution in [0.15, 0.2) is 71.0 Å². The van der Waals surface area contributed by atoms with Gasteiger partial charge in [0.15, 0.2) is 0 Å². The van der Waals surface area contributed by atoms with E-state index in [-0.39, 0.29) is 11.7 Å². The minimum Gasteiger partial charge on any atom is -0.497 e. The van der Waals surface area contributed by atoms with Crippen molar-refractivity contribution in [3.05, 3.63) is 94.6 Å². The molecule has 166 valence electrons. The molecule has 2 aromatic carbocycles. The summed E-state index contributed by atoms with van der Waals surface area (Å²) in [5.74, 6) is 0.310. The van der Waals surface area contributed by atoms with Crippen LogP contribution < -0.4 is 15.4 Å². The molecule has 0 aliphatic carbocycles. The summed E-state index contributed by atoms with van der Waals surface area (Å²) >= 11 is 0. The number of nitrogens with one attached hydrogen (secondary N) is 2. The van der Waals surface area contributed by atoms with Gasteiger partial charge in [-0.3, -0.25) is 9.59 Å². The Bertz CT molecular complexity index is 1100. The number of hydrogen-bond donors (Lipinski definition) is 2. The lowest BCUT2D eigenvalue weighted by Crippen LogP contribution is -2.37. The number of amides is 2. The topological polar surface area (TPSA) is 80.6 Å². The highest BCUT2D eigenvalue weighted by Gasteiger charge is 2.20. The molecule has 2 N–H and O–H groups in total. The van der Waals surface area contributed by atoms with E-state index in [4.69, 9.17) is 9.15 Å². The van der Waals surface area contributed by atoms with Crippen LogP contribution in [-0.2, 0) is 4.79 Å². The third kappa shape index (κ3) is 5.66. The predicted molar refractivity (Wildman–Crippen MR) is 124 cm³/mol. The van der Waals surface area contributed by atoms with Gasteiger partial charge >= 0.3 is 0 Å². The third-order valence-electron chi connectivity index (χ3n) is 5.19. The maximum absolute atomic E-state index is 13.2. The maximum Gasteiger partial charge on any atom is 0.268 e. The van der Waals surface area contributed by atoms with E-state index in [1.807, 2.05) is 32.9 Å². The summed E-state index contributed by atoms with van der Waals surface area (Å²) in [6, 6.07) is 16.1. The molecule has 3 rings (SSSR count). The van der Waals surface area contributed by atoms with E-state index >= 15 is 0 Å². The molecule has 1 aromatic heterocycles. The molecule has 6 nitrogen and oxygen atoms in total. The van der Waals surface area contributed by atoms with Crippen molar-refractivity contribution in [2.24, 2.45) is 0 Å². The molecule has 3 aromatic rings. The van der Waals surface area contributed by atoms with Gasteiger partial charge in [0.1, 0.15) is 17.2 Å². The molecule has 0 aliphatic heterocycles. The maximum atomic E-state index is 13.2. The first kappa shape index (κ1) is 22.9. The Kier molecular flexibility index (Phi) is 7.49. The van der Waals surface area contributed by atoms with Gasteiger partial charge in [-0.05, 0) is 67.8 Å². The van der Waals surface area contributed by atoms with Gasteiger partial charge in [-0.2, -0.15) is 0 Å². The Morgan fingerprint density at radius 2 is 1.84 bits per heavy atom. The highest BCUT2D eigenvalue weighted by atomic mass is 16.5. The SMILES string of the molecule is CCC(NC(=O)/C(=C/c1ccco1)NC(=O)c1ccc(OC)cc1)c1ccc(C)cc1C. The average Bonchev–Trinajstić information content (AvgIpc) is 3.30. The number of hydrogen-bond acceptors (Lipinski definition) is 4. The van der Waals surface area contributed by atoms with Crippen molar-refractivity contribution < 1.29 is 18.7 Å². The smallest absolute Gasteiger partial charge is 0.268 e. The summed E-state index contributed by atoms with van der Waals surface area (Å²) in [4.78, 5) is 26.0. The average molecular weight is 433 g/mol. The normalized spacial score (nSPS) is 12.2. The molecule has 1 atom stereocenters. The van der Waals surface area contributed by atoms with E-state index in [2.05, 4.69) is 16.7 Å². The van der Waals surface area contributed by atoms with Crippen molar-refractivity contribution in [2.45, 2.75) is 33.2 Å². The fourth-order valence-corrected chi connectivity index (χ4v) is 3.46. The van der Waals surface area contributed by atoms with Crippen molar-refractivity contribution in [3.63, 3.8) is 0 Å². The molecule has 0 saturated carbocycles. The monoisotopic (exact) mass is 432 g/mol. The van der Waals surface area contributed by atoms with Gasteiger partial charge in [0, 0.05) is 11.6 Å². The number of aryl methyl sites for hydroxylation is 2. The van der Waals surface area contributed by atoms with Gasteiger partial charge in [-0.1, -0.05) is 30.7 Å². The van der Waals surface area contributed by atoms with E-state index in [1.54, 1.807) is 43.5 Å². The minimum atomic E-state index is -0.403. The van der Waals surface area contributed by atoms with Crippen LogP contribution in [-0.4, -0.2) is 18.9 Å². The van der Waals surface area contributed by atoms with E-state index in [0.717, 1.165) is 16.7 Å². The Morgan fingerprint density at radius 3 is 2.44 bits per heavy atom. The fourth-order valence-electron chi connectivity index (χ4n) is 3.46. The first-order valence-corrected chi connectivity index (χ1v) is 10.5. The second-order valence-electron chi connectivity index (χ2n) is 7.55. The summed E-state index contributed by atoms with van der Waals surface area (Å²) in [6.45, 7) is 6.08. The number of carbonyl (C=O) groups excluding carboxylic acids is 2. The lowest BCUT2D eigenvalue weighted by Gasteiger charge is -2.21. The molecule has 0 saturated heterocycles. The minimum absolute atomic E-state index is 0.101. The van der Waals surface area contributed by atoms with E-state index < -0.39 is 11.8 Å². The molecule has 0 spiro atoms. The molecule has 0 aliphatic rings. The zero-order valence-electron chi connectivity index (χ0n) is 18.8. The Morgan fingerprint density at radius 1 is 1.09 bits per heavy atom. The van der Waals surface area contributed by atoms with Gasteiger partial charge in [0.25, 0.3) is 11.8 Å². The van der Waals surface area contributed by atoms with Gasteiger partial charge in [-0.25, -0.2) is 0 Å². The molecule has 0 bridgehead atoms. The number of rotatable bonds is 8. The Labute approximate surface area is 188 Å². The lowest BCUT2D eigenvalue weighted by atomic mass is 9.97. The standard InChI is InChI=1S/C26H28N2O4/c1-5-23(22-13-8-17(2)15-18(22)3)27-26(30)24(16-21-7-6-14-32-21)28-25(29)19-9-11-20(31-4)12-10-19/h6-16,23H,5H2,1-4H3,(H,27,30)(H,28,29)/b24-16-. The highest BCUT2D eigenvalue weighted by molar-refractivity contribution is 6.05. The number of ether oxygens (including phenoxy) is 1. The molecule has 0 radical (unpaired) electrons. The molecule has 0 fully saturated rings. The van der Waals surface area contributed by atoms with E-state index in [9.17, 15) is 9.59 Å². The number of furan rings is 1. The Balaban J connectivity index is 1.84. The Hall–Kier alpha value is -3.80. The van der Waals surface area contributed by atoms with Crippen LogP contribution in [0.1, 0.15) is 52.2 Å². The molecular formula is C26H28N2O4. The summed E-state index contributed by atoms with van der Waals surface area (Å²) < 4.78 is 10.5. The van der Waals surface area contributed by atoms with Crippen molar-refractivity contribution >= 4 is 17.9 Å². The second-order valence-corrected chi connectivity index (χ2v) is 7.55. The number of methoxy groups -OCH3 is 1. The third-order valence-corrected chi connectivity index (χ3v) is 5.19. The highest BCUT2D eigenvalue weighted by Crippen LogP contribution is 2.22. The molecule has 2 amide bonds. The van der Waals surface area contributed by atoms with Gasteiger partial charge in [0.2, 0.25) is 0 Å². The summed E-state index contributed by atoms with van der Waals surface area (Å²) in [6.07, 6.45) is 3.73. The van der Waals surface area contributed by atoms with Gasteiger partial charge in [0.05, 0.1) is 19.4 Å². The fraction of sp³-hybridized carbons (Fsp3) is 0.231. The van der Waals surface area contributed by atoms with Crippen LogP contribution in [0.25, 0.3) is 6.08 Å². The molecule has 6 heteroatoms. The van der Waals surface area contributed by atoms with Crippen LogP contribution >= 0.6 is 0 Å². The first-order chi connectivity index (χ1) is 15.4.